The highest BCUT2D eigenvalue weighted by Gasteiger charge is 2.18. The van der Waals surface area contributed by atoms with Gasteiger partial charge >= 0.3 is 0 Å². The molecule has 2 rings (SSSR count). The van der Waals surface area contributed by atoms with Gasteiger partial charge in [-0.25, -0.2) is 0 Å². The molecular formula is C15H20N2O4. The predicted molar refractivity (Wildman–Crippen MR) is 78.6 cm³/mol. The molecule has 0 saturated carbocycles. The van der Waals surface area contributed by atoms with E-state index in [2.05, 4.69) is 17.2 Å². The van der Waals surface area contributed by atoms with Gasteiger partial charge in [-0.1, -0.05) is 13.0 Å². The Morgan fingerprint density at radius 1 is 1.43 bits per heavy atom. The summed E-state index contributed by atoms with van der Waals surface area (Å²) in [5.41, 5.74) is 0.928. The van der Waals surface area contributed by atoms with Crippen LogP contribution in [0.4, 0.5) is 0 Å². The molecule has 114 valence electrons. The minimum atomic E-state index is -0.193. The van der Waals surface area contributed by atoms with E-state index < -0.39 is 0 Å². The number of rotatable bonds is 8. The molecule has 6 nitrogen and oxygen atoms in total. The largest absolute Gasteiger partial charge is 0.483 e. The van der Waals surface area contributed by atoms with Crippen LogP contribution >= 0.6 is 0 Å². The molecule has 0 atom stereocenters. The molecule has 1 heterocycles. The number of amides is 1. The zero-order valence-corrected chi connectivity index (χ0v) is 12.1. The van der Waals surface area contributed by atoms with Gasteiger partial charge in [-0.15, -0.1) is 6.58 Å². The Bertz CT molecular complexity index is 517. The van der Waals surface area contributed by atoms with Crippen LogP contribution in [-0.4, -0.2) is 32.4 Å². The predicted octanol–water partition coefficient (Wildman–Crippen LogP) is 1.21. The summed E-state index contributed by atoms with van der Waals surface area (Å²) in [6.45, 7) is 7.63. The van der Waals surface area contributed by atoms with Gasteiger partial charge in [0.2, 0.25) is 6.79 Å². The van der Waals surface area contributed by atoms with Crippen LogP contribution in [0.15, 0.2) is 24.8 Å². The lowest BCUT2D eigenvalue weighted by Gasteiger charge is -2.13. The maximum atomic E-state index is 11.6. The molecule has 0 fully saturated rings. The average Bonchev–Trinajstić information content (AvgIpc) is 2.95. The molecule has 0 bridgehead atoms. The summed E-state index contributed by atoms with van der Waals surface area (Å²) < 4.78 is 16.3. The minimum absolute atomic E-state index is 0.0490. The highest BCUT2D eigenvalue weighted by molar-refractivity contribution is 5.77. The topological polar surface area (TPSA) is 68.8 Å². The molecule has 0 saturated heterocycles. The molecule has 0 unspecified atom stereocenters. The SMILES string of the molecule is C=CCNC(=O)COc1cc2c(cc1CNCC)OCO2. The third-order valence-corrected chi connectivity index (χ3v) is 2.92. The fraction of sp³-hybridized carbons (Fsp3) is 0.400. The highest BCUT2D eigenvalue weighted by Crippen LogP contribution is 2.38. The molecule has 0 spiro atoms. The van der Waals surface area contributed by atoms with Crippen LogP contribution in [0.3, 0.4) is 0 Å². The van der Waals surface area contributed by atoms with E-state index in [1.54, 1.807) is 12.1 Å². The Balaban J connectivity index is 2.05. The molecule has 0 aliphatic carbocycles. The lowest BCUT2D eigenvalue weighted by atomic mass is 10.1. The second-order valence-corrected chi connectivity index (χ2v) is 4.47. The summed E-state index contributed by atoms with van der Waals surface area (Å²) in [6.07, 6.45) is 1.62. The fourth-order valence-corrected chi connectivity index (χ4v) is 1.88. The zero-order chi connectivity index (χ0) is 15.1. The first-order valence-electron chi connectivity index (χ1n) is 6.88. The van der Waals surface area contributed by atoms with Crippen molar-refractivity contribution in [2.75, 3.05) is 26.5 Å². The monoisotopic (exact) mass is 292 g/mol. The van der Waals surface area contributed by atoms with Gasteiger partial charge in [0.05, 0.1) is 0 Å². The van der Waals surface area contributed by atoms with Gasteiger partial charge in [-0.3, -0.25) is 4.79 Å². The van der Waals surface area contributed by atoms with Crippen molar-refractivity contribution in [1.29, 1.82) is 0 Å². The van der Waals surface area contributed by atoms with Crippen molar-refractivity contribution in [3.8, 4) is 17.2 Å². The first-order chi connectivity index (χ1) is 10.2. The fourth-order valence-electron chi connectivity index (χ4n) is 1.88. The Morgan fingerprint density at radius 3 is 2.90 bits per heavy atom. The lowest BCUT2D eigenvalue weighted by molar-refractivity contribution is -0.122. The van der Waals surface area contributed by atoms with E-state index in [1.165, 1.54) is 0 Å². The van der Waals surface area contributed by atoms with Crippen molar-refractivity contribution in [1.82, 2.24) is 10.6 Å². The van der Waals surface area contributed by atoms with Gasteiger partial charge in [0.1, 0.15) is 5.75 Å². The summed E-state index contributed by atoms with van der Waals surface area (Å²) in [7, 11) is 0. The van der Waals surface area contributed by atoms with Crippen LogP contribution in [0.5, 0.6) is 17.2 Å². The number of hydrogen-bond donors (Lipinski definition) is 2. The van der Waals surface area contributed by atoms with Crippen molar-refractivity contribution < 1.29 is 19.0 Å². The molecule has 1 aliphatic rings. The molecule has 1 aromatic carbocycles. The Hall–Kier alpha value is -2.21. The van der Waals surface area contributed by atoms with E-state index >= 15 is 0 Å². The van der Waals surface area contributed by atoms with Gasteiger partial charge in [0, 0.05) is 24.7 Å². The molecule has 21 heavy (non-hydrogen) atoms. The maximum absolute atomic E-state index is 11.6. The highest BCUT2D eigenvalue weighted by atomic mass is 16.7. The molecular weight excluding hydrogens is 272 g/mol. The number of carbonyl (C=O) groups is 1. The van der Waals surface area contributed by atoms with E-state index in [0.29, 0.717) is 30.3 Å². The van der Waals surface area contributed by atoms with Gasteiger partial charge in [0.15, 0.2) is 18.1 Å². The van der Waals surface area contributed by atoms with Gasteiger partial charge in [-0.05, 0) is 12.6 Å². The molecule has 1 aromatic rings. The van der Waals surface area contributed by atoms with Crippen LogP contribution in [0.25, 0.3) is 0 Å². The quantitative estimate of drug-likeness (QED) is 0.705. The van der Waals surface area contributed by atoms with E-state index in [0.717, 1.165) is 12.1 Å². The molecule has 0 radical (unpaired) electrons. The Kier molecular flexibility index (Phi) is 5.45. The Labute approximate surface area is 124 Å². The van der Waals surface area contributed by atoms with Crippen LogP contribution < -0.4 is 24.8 Å². The molecule has 0 aromatic heterocycles. The second-order valence-electron chi connectivity index (χ2n) is 4.47. The van der Waals surface area contributed by atoms with Gasteiger partial charge in [0.25, 0.3) is 5.91 Å². The van der Waals surface area contributed by atoms with Gasteiger partial charge < -0.3 is 24.8 Å². The van der Waals surface area contributed by atoms with Crippen molar-refractivity contribution >= 4 is 5.91 Å². The van der Waals surface area contributed by atoms with Crippen LogP contribution in [0.2, 0.25) is 0 Å². The second kappa shape index (κ2) is 7.54. The van der Waals surface area contributed by atoms with Gasteiger partial charge in [-0.2, -0.15) is 0 Å². The van der Waals surface area contributed by atoms with Crippen molar-refractivity contribution in [2.24, 2.45) is 0 Å². The first kappa shape index (κ1) is 15.2. The van der Waals surface area contributed by atoms with E-state index in [4.69, 9.17) is 14.2 Å². The summed E-state index contributed by atoms with van der Waals surface area (Å²) in [4.78, 5) is 11.6. The van der Waals surface area contributed by atoms with Crippen LogP contribution in [-0.2, 0) is 11.3 Å². The maximum Gasteiger partial charge on any atom is 0.258 e. The van der Waals surface area contributed by atoms with Crippen molar-refractivity contribution in [2.45, 2.75) is 13.5 Å². The molecule has 6 heteroatoms. The van der Waals surface area contributed by atoms with E-state index in [-0.39, 0.29) is 19.3 Å². The van der Waals surface area contributed by atoms with Crippen LogP contribution in [0.1, 0.15) is 12.5 Å². The molecule has 1 aliphatic heterocycles. The zero-order valence-electron chi connectivity index (χ0n) is 12.1. The minimum Gasteiger partial charge on any atom is -0.483 e. The van der Waals surface area contributed by atoms with Crippen molar-refractivity contribution in [3.63, 3.8) is 0 Å². The molecule has 2 N–H and O–H groups in total. The Morgan fingerprint density at radius 2 is 2.19 bits per heavy atom. The number of nitrogens with one attached hydrogen (secondary N) is 2. The first-order valence-corrected chi connectivity index (χ1v) is 6.88. The third kappa shape index (κ3) is 4.13. The number of hydrogen-bond acceptors (Lipinski definition) is 5. The lowest BCUT2D eigenvalue weighted by Crippen LogP contribution is -2.29. The molecule has 1 amide bonds. The standard InChI is InChI=1S/C15H20N2O4/c1-3-5-17-15(18)9-19-12-7-14-13(20-10-21-14)6-11(12)8-16-4-2/h3,6-7,16H,1,4-5,8-10H2,2H3,(H,17,18). The summed E-state index contributed by atoms with van der Waals surface area (Å²) in [6, 6.07) is 3.64. The van der Waals surface area contributed by atoms with E-state index in [1.807, 2.05) is 13.0 Å². The van der Waals surface area contributed by atoms with Crippen molar-refractivity contribution in [3.05, 3.63) is 30.4 Å². The number of fused-ring (bicyclic) bond motifs is 1. The smallest absolute Gasteiger partial charge is 0.258 e. The number of benzene rings is 1. The summed E-state index contributed by atoms with van der Waals surface area (Å²) >= 11 is 0. The summed E-state index contributed by atoms with van der Waals surface area (Å²) in [5.74, 6) is 1.76. The normalized spacial score (nSPS) is 12.0. The number of carbonyl (C=O) groups excluding carboxylic acids is 1. The van der Waals surface area contributed by atoms with Crippen LogP contribution in [0, 0.1) is 0 Å². The number of ether oxygens (including phenoxy) is 3. The third-order valence-electron chi connectivity index (χ3n) is 2.92. The van der Waals surface area contributed by atoms with E-state index in [9.17, 15) is 4.79 Å². The average molecular weight is 292 g/mol. The summed E-state index contributed by atoms with van der Waals surface area (Å²) in [5, 5.41) is 5.89.